The van der Waals surface area contributed by atoms with Gasteiger partial charge in [-0.15, -0.1) is 9.35 Å². The lowest BCUT2D eigenvalue weighted by Crippen LogP contribution is -3.00. The number of hydroxylamine groups is 2. The van der Waals surface area contributed by atoms with Gasteiger partial charge in [-0.05, 0) is 18.3 Å². The van der Waals surface area contributed by atoms with Crippen molar-refractivity contribution in [2.75, 3.05) is 5.75 Å². The minimum Gasteiger partial charge on any atom is -1.00 e. The second-order valence-corrected chi connectivity index (χ2v) is 8.09. The molecule has 9 heteroatoms. The normalized spacial score (nSPS) is 29.8. The maximum atomic E-state index is 12.4. The van der Waals surface area contributed by atoms with E-state index in [0.29, 0.717) is 5.06 Å². The lowest BCUT2D eigenvalue weighted by atomic mass is 9.85. The van der Waals surface area contributed by atoms with Gasteiger partial charge >= 0.3 is 0 Å². The zero-order chi connectivity index (χ0) is 16.9. The SMILES string of the molecule is O=C1C2C3C=CC(C3)C2C(=O)N1OS(=O)(=O)CC[n+]1ccccc1.[Cl-]. The van der Waals surface area contributed by atoms with Crippen molar-refractivity contribution in [3.05, 3.63) is 42.7 Å². The van der Waals surface area contributed by atoms with E-state index in [0.717, 1.165) is 6.42 Å². The highest BCUT2D eigenvalue weighted by Gasteiger charge is 2.60. The van der Waals surface area contributed by atoms with Crippen molar-refractivity contribution < 1.29 is 39.3 Å². The van der Waals surface area contributed by atoms with E-state index in [1.807, 2.05) is 18.2 Å². The lowest BCUT2D eigenvalue weighted by Gasteiger charge is -2.15. The van der Waals surface area contributed by atoms with Crippen LogP contribution in [0.4, 0.5) is 0 Å². The molecular weight excluding hydrogens is 368 g/mol. The molecule has 4 unspecified atom stereocenters. The van der Waals surface area contributed by atoms with Crippen LogP contribution < -0.4 is 17.0 Å². The summed E-state index contributed by atoms with van der Waals surface area (Å²) in [6.45, 7) is 0.180. The highest BCUT2D eigenvalue weighted by Crippen LogP contribution is 2.52. The molecule has 4 atom stereocenters. The van der Waals surface area contributed by atoms with E-state index < -0.39 is 33.8 Å². The van der Waals surface area contributed by atoms with E-state index in [-0.39, 0.29) is 36.5 Å². The summed E-state index contributed by atoms with van der Waals surface area (Å²) in [4.78, 5) is 24.8. The number of allylic oxidation sites excluding steroid dienone is 2. The number of halogens is 1. The number of hydrogen-bond acceptors (Lipinski definition) is 5. The molecule has 7 nitrogen and oxygen atoms in total. The van der Waals surface area contributed by atoms with Gasteiger partial charge in [0, 0.05) is 12.1 Å². The Kier molecular flexibility index (Phi) is 4.70. The molecule has 4 rings (SSSR count). The molecular formula is C16H17ClN2O5S. The molecule has 1 aliphatic heterocycles. The van der Waals surface area contributed by atoms with Crippen LogP contribution >= 0.6 is 0 Å². The number of fused-ring (bicyclic) bond motifs is 5. The molecule has 1 saturated heterocycles. The van der Waals surface area contributed by atoms with Crippen LogP contribution in [0.15, 0.2) is 42.7 Å². The van der Waals surface area contributed by atoms with Crippen molar-refractivity contribution in [1.82, 2.24) is 5.06 Å². The molecule has 0 N–H and O–H groups in total. The summed E-state index contributed by atoms with van der Waals surface area (Å²) < 4.78 is 30.9. The third-order valence-electron chi connectivity index (χ3n) is 4.99. The molecule has 0 aromatic carbocycles. The van der Waals surface area contributed by atoms with Crippen LogP contribution in [0.1, 0.15) is 6.42 Å². The highest BCUT2D eigenvalue weighted by atomic mass is 35.5. The first-order chi connectivity index (χ1) is 11.5. The van der Waals surface area contributed by atoms with Crippen molar-refractivity contribution in [1.29, 1.82) is 0 Å². The summed E-state index contributed by atoms with van der Waals surface area (Å²) in [5, 5.41) is 0.479. The smallest absolute Gasteiger partial charge is 0.294 e. The predicted molar refractivity (Wildman–Crippen MR) is 81.1 cm³/mol. The molecule has 2 heterocycles. The molecule has 1 aromatic heterocycles. The zero-order valence-electron chi connectivity index (χ0n) is 13.2. The number of imide groups is 1. The maximum Gasteiger partial charge on any atom is 0.294 e. The standard InChI is InChI=1S/C16H17N2O5S.ClH/c19-15-13-11-4-5-12(10-11)14(13)16(20)18(15)23-24(21,22)9-8-17-6-2-1-3-7-17;/h1-7,11-14H,8-10H2;1H/q+1;/p-1. The Morgan fingerprint density at radius 3 is 2.16 bits per heavy atom. The zero-order valence-corrected chi connectivity index (χ0v) is 14.8. The fraction of sp³-hybridized carbons (Fsp3) is 0.438. The van der Waals surface area contributed by atoms with Gasteiger partial charge in [-0.25, -0.2) is 4.57 Å². The summed E-state index contributed by atoms with van der Waals surface area (Å²) in [6, 6.07) is 5.39. The van der Waals surface area contributed by atoms with E-state index in [1.165, 1.54) is 0 Å². The van der Waals surface area contributed by atoms with Crippen molar-refractivity contribution in [2.24, 2.45) is 23.7 Å². The first-order valence-electron chi connectivity index (χ1n) is 7.89. The van der Waals surface area contributed by atoms with Gasteiger partial charge in [0.1, 0.15) is 5.75 Å². The summed E-state index contributed by atoms with van der Waals surface area (Å²) in [7, 11) is -4.03. The summed E-state index contributed by atoms with van der Waals surface area (Å²) in [5.74, 6) is -2.27. The summed E-state index contributed by atoms with van der Waals surface area (Å²) in [5.41, 5.74) is 0. The molecule has 0 spiro atoms. The number of carbonyl (C=O) groups is 2. The number of hydrogen-bond donors (Lipinski definition) is 0. The van der Waals surface area contributed by atoms with Crippen molar-refractivity contribution >= 4 is 21.9 Å². The molecule has 2 amide bonds. The average Bonchev–Trinajstić information content (AvgIpc) is 3.24. The Labute approximate surface area is 151 Å². The summed E-state index contributed by atoms with van der Waals surface area (Å²) in [6.07, 6.45) is 8.14. The quantitative estimate of drug-likeness (QED) is 0.308. The number of carbonyl (C=O) groups excluding carboxylic acids is 2. The first kappa shape index (κ1) is 18.0. The van der Waals surface area contributed by atoms with Gasteiger partial charge < -0.3 is 12.4 Å². The van der Waals surface area contributed by atoms with Gasteiger partial charge in [-0.2, -0.15) is 8.42 Å². The van der Waals surface area contributed by atoms with E-state index >= 15 is 0 Å². The van der Waals surface area contributed by atoms with Crippen molar-refractivity contribution in [3.8, 4) is 0 Å². The lowest BCUT2D eigenvalue weighted by molar-refractivity contribution is -0.692. The molecule has 2 bridgehead atoms. The molecule has 2 aliphatic carbocycles. The maximum absolute atomic E-state index is 12.4. The van der Waals surface area contributed by atoms with Crippen LogP contribution in [-0.2, 0) is 30.5 Å². The molecule has 2 fully saturated rings. The van der Waals surface area contributed by atoms with E-state index in [2.05, 4.69) is 0 Å². The minimum atomic E-state index is -4.03. The second kappa shape index (κ2) is 6.51. The third-order valence-corrected chi connectivity index (χ3v) is 6.05. The Morgan fingerprint density at radius 2 is 1.60 bits per heavy atom. The number of rotatable bonds is 5. The monoisotopic (exact) mass is 384 g/mol. The number of nitrogens with zero attached hydrogens (tertiary/aromatic N) is 2. The van der Waals surface area contributed by atoms with Crippen LogP contribution in [0.2, 0.25) is 0 Å². The largest absolute Gasteiger partial charge is 1.00 e. The Morgan fingerprint density at radius 1 is 1.04 bits per heavy atom. The average molecular weight is 385 g/mol. The number of amides is 2. The van der Waals surface area contributed by atoms with Crippen LogP contribution in [0, 0.1) is 23.7 Å². The number of aryl methyl sites for hydroxylation is 1. The van der Waals surface area contributed by atoms with Gasteiger partial charge in [0.2, 0.25) is 0 Å². The molecule has 1 aromatic rings. The Bertz CT molecular complexity index is 796. The van der Waals surface area contributed by atoms with Gasteiger partial charge in [0.05, 0.1) is 11.8 Å². The predicted octanol–water partition coefficient (Wildman–Crippen LogP) is -2.95. The molecule has 3 aliphatic rings. The van der Waals surface area contributed by atoms with Crippen LogP contribution in [0.25, 0.3) is 0 Å². The highest BCUT2D eigenvalue weighted by molar-refractivity contribution is 7.86. The summed E-state index contributed by atoms with van der Waals surface area (Å²) >= 11 is 0. The third kappa shape index (κ3) is 3.09. The van der Waals surface area contributed by atoms with Crippen LogP contribution in [0.3, 0.4) is 0 Å². The number of pyridine rings is 1. The van der Waals surface area contributed by atoms with Crippen LogP contribution in [-0.4, -0.2) is 31.0 Å². The topological polar surface area (TPSA) is 84.6 Å². The van der Waals surface area contributed by atoms with Crippen molar-refractivity contribution in [2.45, 2.75) is 13.0 Å². The Hall–Kier alpha value is -1.77. The molecule has 0 radical (unpaired) electrons. The Balaban J connectivity index is 0.00000182. The minimum absolute atomic E-state index is 0. The fourth-order valence-electron chi connectivity index (χ4n) is 3.90. The molecule has 25 heavy (non-hydrogen) atoms. The van der Waals surface area contributed by atoms with Gasteiger partial charge in [0.15, 0.2) is 18.9 Å². The van der Waals surface area contributed by atoms with Crippen LogP contribution in [0.5, 0.6) is 0 Å². The fourth-order valence-corrected chi connectivity index (χ4v) is 4.78. The molecule has 1 saturated carbocycles. The van der Waals surface area contributed by atoms with E-state index in [9.17, 15) is 18.0 Å². The van der Waals surface area contributed by atoms with Gasteiger partial charge in [0.25, 0.3) is 21.9 Å². The molecule has 134 valence electrons. The van der Waals surface area contributed by atoms with Crippen molar-refractivity contribution in [3.63, 3.8) is 0 Å². The van der Waals surface area contributed by atoms with Gasteiger partial charge in [-0.1, -0.05) is 18.2 Å². The van der Waals surface area contributed by atoms with E-state index in [4.69, 9.17) is 4.28 Å². The number of aromatic nitrogens is 1. The second-order valence-electron chi connectivity index (χ2n) is 6.42. The first-order valence-corrected chi connectivity index (χ1v) is 9.46. The van der Waals surface area contributed by atoms with E-state index in [1.54, 1.807) is 29.1 Å². The van der Waals surface area contributed by atoms with Gasteiger partial charge in [-0.3, -0.25) is 9.59 Å².